The first-order valence-electron chi connectivity index (χ1n) is 8.77. The number of carbonyl (C=O) groups excluding carboxylic acids is 1. The Hall–Kier alpha value is -2.11. The van der Waals surface area contributed by atoms with Gasteiger partial charge in [-0.2, -0.15) is 0 Å². The maximum atomic E-state index is 12.4. The van der Waals surface area contributed by atoms with Gasteiger partial charge in [0.05, 0.1) is 12.8 Å². The molecular formula is C21H27ClN2O2S. The van der Waals surface area contributed by atoms with E-state index in [-0.39, 0.29) is 11.0 Å². The molecule has 2 N–H and O–H groups in total. The van der Waals surface area contributed by atoms with E-state index < -0.39 is 0 Å². The largest absolute Gasteiger partial charge is 0.495 e. The predicted octanol–water partition coefficient (Wildman–Crippen LogP) is 5.74. The van der Waals surface area contributed by atoms with Gasteiger partial charge in [0, 0.05) is 10.6 Å². The minimum atomic E-state index is -0.265. The zero-order chi connectivity index (χ0) is 20.7. The molecule has 0 saturated carbocycles. The smallest absolute Gasteiger partial charge is 0.257 e. The Kier molecular flexibility index (Phi) is 8.73. The molecule has 0 heterocycles. The molecule has 1 amide bonds. The molecule has 2 aromatic carbocycles. The minimum absolute atomic E-state index is 0.186. The highest BCUT2D eigenvalue weighted by molar-refractivity contribution is 7.80. The number of benzene rings is 2. The summed E-state index contributed by atoms with van der Waals surface area (Å²) >= 11 is 11.6. The number of ether oxygens (including phenoxy) is 1. The second-order valence-corrected chi connectivity index (χ2v) is 6.78. The molecule has 0 spiro atoms. The first kappa shape index (κ1) is 22.9. The quantitative estimate of drug-likeness (QED) is 0.638. The molecule has 0 radical (unpaired) electrons. The van der Waals surface area contributed by atoms with E-state index in [1.165, 1.54) is 0 Å². The van der Waals surface area contributed by atoms with Gasteiger partial charge in [0.2, 0.25) is 0 Å². The fourth-order valence-electron chi connectivity index (χ4n) is 2.66. The summed E-state index contributed by atoms with van der Waals surface area (Å²) < 4.78 is 5.39. The molecular weight excluding hydrogens is 380 g/mol. The first-order chi connectivity index (χ1) is 12.7. The summed E-state index contributed by atoms with van der Waals surface area (Å²) in [5, 5.41) is 6.53. The van der Waals surface area contributed by atoms with Crippen LogP contribution in [0.15, 0.2) is 24.3 Å². The molecule has 27 heavy (non-hydrogen) atoms. The van der Waals surface area contributed by atoms with Gasteiger partial charge in [-0.1, -0.05) is 42.6 Å². The number of anilines is 1. The fraction of sp³-hybridized carbons (Fsp3) is 0.333. The number of halogens is 1. The van der Waals surface area contributed by atoms with Crippen molar-refractivity contribution in [2.75, 3.05) is 12.4 Å². The summed E-state index contributed by atoms with van der Waals surface area (Å²) in [5.74, 6) is 0.349. The van der Waals surface area contributed by atoms with E-state index >= 15 is 0 Å². The molecule has 0 aliphatic rings. The highest BCUT2D eigenvalue weighted by Crippen LogP contribution is 2.35. The van der Waals surface area contributed by atoms with Crippen LogP contribution < -0.4 is 15.4 Å². The number of methoxy groups -OCH3 is 1. The van der Waals surface area contributed by atoms with Crippen molar-refractivity contribution in [2.45, 2.75) is 41.5 Å². The van der Waals surface area contributed by atoms with Crippen LogP contribution in [0.2, 0.25) is 5.02 Å². The number of carbonyl (C=O) groups is 1. The van der Waals surface area contributed by atoms with Crippen LogP contribution in [0.3, 0.4) is 0 Å². The summed E-state index contributed by atoms with van der Waals surface area (Å²) in [6, 6.07) is 7.47. The van der Waals surface area contributed by atoms with Crippen LogP contribution in [0, 0.1) is 27.7 Å². The summed E-state index contributed by atoms with van der Waals surface area (Å²) in [7, 11) is 1.57. The van der Waals surface area contributed by atoms with Crippen LogP contribution in [0.4, 0.5) is 5.69 Å². The molecule has 0 bridgehead atoms. The third kappa shape index (κ3) is 5.94. The first-order valence-corrected chi connectivity index (χ1v) is 9.56. The number of rotatable bonds is 3. The van der Waals surface area contributed by atoms with Crippen molar-refractivity contribution < 1.29 is 9.53 Å². The maximum absolute atomic E-state index is 12.4. The Labute approximate surface area is 172 Å². The van der Waals surface area contributed by atoms with Gasteiger partial charge in [-0.05, 0) is 69.2 Å². The van der Waals surface area contributed by atoms with Gasteiger partial charge < -0.3 is 10.1 Å². The van der Waals surface area contributed by atoms with E-state index in [9.17, 15) is 4.79 Å². The van der Waals surface area contributed by atoms with Gasteiger partial charge in [-0.15, -0.1) is 0 Å². The van der Waals surface area contributed by atoms with Gasteiger partial charge in [0.25, 0.3) is 5.91 Å². The van der Waals surface area contributed by atoms with Crippen molar-refractivity contribution >= 4 is 40.5 Å². The lowest BCUT2D eigenvalue weighted by atomic mass is 10.1. The molecule has 0 aliphatic carbocycles. The summed E-state index contributed by atoms with van der Waals surface area (Å²) in [4.78, 5) is 12.4. The molecule has 146 valence electrons. The molecule has 0 aliphatic heterocycles. The molecule has 0 saturated heterocycles. The van der Waals surface area contributed by atoms with Gasteiger partial charge in [0.15, 0.2) is 5.11 Å². The fourth-order valence-corrected chi connectivity index (χ4v) is 3.01. The third-order valence-corrected chi connectivity index (χ3v) is 4.60. The average Bonchev–Trinajstić information content (AvgIpc) is 2.62. The van der Waals surface area contributed by atoms with Crippen molar-refractivity contribution in [1.29, 1.82) is 0 Å². The molecule has 2 rings (SSSR count). The Balaban J connectivity index is 0.00000176. The van der Waals surface area contributed by atoms with Crippen molar-refractivity contribution in [3.63, 3.8) is 0 Å². The van der Waals surface area contributed by atoms with Crippen molar-refractivity contribution in [3.8, 4) is 5.75 Å². The SMILES string of the molecule is CC.COc1cc(C)c(Cl)c(C)c1NC(=S)NC(=O)c1cc(C)cc(C)c1. The van der Waals surface area contributed by atoms with Crippen LogP contribution in [0.5, 0.6) is 5.75 Å². The van der Waals surface area contributed by atoms with E-state index in [2.05, 4.69) is 10.6 Å². The Morgan fingerprint density at radius 1 is 1.04 bits per heavy atom. The topological polar surface area (TPSA) is 50.4 Å². The third-order valence-electron chi connectivity index (χ3n) is 3.81. The zero-order valence-electron chi connectivity index (χ0n) is 16.9. The summed E-state index contributed by atoms with van der Waals surface area (Å²) in [6.07, 6.45) is 0. The van der Waals surface area contributed by atoms with E-state index in [1.54, 1.807) is 7.11 Å². The molecule has 4 nitrogen and oxygen atoms in total. The molecule has 0 atom stereocenters. The standard InChI is InChI=1S/C19H21ClN2O2S.C2H6/c1-10-6-11(2)8-14(7-10)18(23)22-19(25)21-17-13(4)16(20)12(3)9-15(17)24-5;1-2/h6-9H,1-5H3,(H2,21,22,23,25);1-2H3. The number of nitrogens with one attached hydrogen (secondary N) is 2. The number of hydrogen-bond acceptors (Lipinski definition) is 3. The van der Waals surface area contributed by atoms with E-state index in [0.29, 0.717) is 22.0 Å². The van der Waals surface area contributed by atoms with Gasteiger partial charge in [0.1, 0.15) is 5.75 Å². The Bertz CT molecular complexity index is 830. The summed E-state index contributed by atoms with van der Waals surface area (Å²) in [5.41, 5.74) is 4.96. The second-order valence-electron chi connectivity index (χ2n) is 5.99. The lowest BCUT2D eigenvalue weighted by Gasteiger charge is -2.17. The molecule has 0 fully saturated rings. The lowest BCUT2D eigenvalue weighted by molar-refractivity contribution is 0.0977. The van der Waals surface area contributed by atoms with Crippen LogP contribution in [-0.4, -0.2) is 18.1 Å². The van der Waals surface area contributed by atoms with Crippen molar-refractivity contribution in [3.05, 3.63) is 57.1 Å². The number of thiocarbonyl (C=S) groups is 1. The van der Waals surface area contributed by atoms with Crippen molar-refractivity contribution in [1.82, 2.24) is 5.32 Å². The van der Waals surface area contributed by atoms with Gasteiger partial charge in [-0.3, -0.25) is 10.1 Å². The second kappa shape index (κ2) is 10.3. The van der Waals surface area contributed by atoms with Crippen LogP contribution >= 0.6 is 23.8 Å². The maximum Gasteiger partial charge on any atom is 0.257 e. The highest BCUT2D eigenvalue weighted by Gasteiger charge is 2.15. The molecule has 0 unspecified atom stereocenters. The van der Waals surface area contributed by atoms with Crippen LogP contribution in [0.25, 0.3) is 0 Å². The monoisotopic (exact) mass is 406 g/mol. The van der Waals surface area contributed by atoms with Crippen molar-refractivity contribution in [2.24, 2.45) is 0 Å². The summed E-state index contributed by atoms with van der Waals surface area (Å²) in [6.45, 7) is 11.7. The lowest BCUT2D eigenvalue weighted by Crippen LogP contribution is -2.34. The number of hydrogen-bond donors (Lipinski definition) is 2. The average molecular weight is 407 g/mol. The zero-order valence-corrected chi connectivity index (χ0v) is 18.5. The van der Waals surface area contributed by atoms with Crippen LogP contribution in [-0.2, 0) is 0 Å². The van der Waals surface area contributed by atoms with Crippen LogP contribution in [0.1, 0.15) is 46.5 Å². The Morgan fingerprint density at radius 2 is 1.59 bits per heavy atom. The van der Waals surface area contributed by atoms with E-state index in [0.717, 1.165) is 22.3 Å². The number of amides is 1. The minimum Gasteiger partial charge on any atom is -0.495 e. The Morgan fingerprint density at radius 3 is 2.11 bits per heavy atom. The molecule has 2 aromatic rings. The van der Waals surface area contributed by atoms with Gasteiger partial charge >= 0.3 is 0 Å². The van der Waals surface area contributed by atoms with E-state index in [1.807, 2.05) is 65.8 Å². The normalized spacial score (nSPS) is 9.78. The van der Waals surface area contributed by atoms with E-state index in [4.69, 9.17) is 28.6 Å². The van der Waals surface area contributed by atoms with Gasteiger partial charge in [-0.25, -0.2) is 0 Å². The molecule has 6 heteroatoms. The predicted molar refractivity (Wildman–Crippen MR) is 118 cm³/mol. The highest BCUT2D eigenvalue weighted by atomic mass is 35.5. The molecule has 0 aromatic heterocycles. The number of aryl methyl sites for hydroxylation is 3.